The zero-order chi connectivity index (χ0) is 31.9. The Balaban J connectivity index is 1.60. The number of nitrogens with zero attached hydrogens (tertiary/aromatic N) is 5. The Bertz CT molecular complexity index is 2320. The van der Waals surface area contributed by atoms with E-state index in [0.29, 0.717) is 11.4 Å². The Morgan fingerprint density at radius 2 is 0.826 bits per heavy atom. The summed E-state index contributed by atoms with van der Waals surface area (Å²) in [7, 11) is 0. The van der Waals surface area contributed by atoms with E-state index in [2.05, 4.69) is 128 Å². The van der Waals surface area contributed by atoms with Gasteiger partial charge in [0.2, 0.25) is 0 Å². The molecule has 0 saturated heterocycles. The number of hydrogen-bond acceptors (Lipinski definition) is 3. The van der Waals surface area contributed by atoms with Crippen LogP contribution in [0.15, 0.2) is 91.0 Å². The molecule has 0 aliphatic heterocycles. The van der Waals surface area contributed by atoms with Crippen LogP contribution >= 0.6 is 0 Å². The summed E-state index contributed by atoms with van der Waals surface area (Å²) in [5.41, 5.74) is 13.8. The lowest BCUT2D eigenvalue weighted by molar-refractivity contribution is 1.05. The van der Waals surface area contributed by atoms with Gasteiger partial charge in [-0.25, -0.2) is 9.97 Å². The van der Waals surface area contributed by atoms with Gasteiger partial charge in [-0.3, -0.25) is 0 Å². The minimum absolute atomic E-state index is 0.594. The van der Waals surface area contributed by atoms with Crippen molar-refractivity contribution in [3.8, 4) is 28.8 Å². The van der Waals surface area contributed by atoms with Gasteiger partial charge in [-0.05, 0) is 106 Å². The highest BCUT2D eigenvalue weighted by atomic mass is 15.0. The van der Waals surface area contributed by atoms with Crippen LogP contribution in [0.5, 0.6) is 0 Å². The molecule has 0 bridgehead atoms. The summed E-state index contributed by atoms with van der Waals surface area (Å²) in [6, 6.07) is 35.2. The number of nitriles is 1. The molecule has 0 spiro atoms. The van der Waals surface area contributed by atoms with Gasteiger partial charge in [0.25, 0.3) is 0 Å². The smallest absolute Gasteiger partial charge is 0.159 e. The molecule has 0 unspecified atom stereocenters. The van der Waals surface area contributed by atoms with Crippen LogP contribution in [0, 0.1) is 52.9 Å². The van der Waals surface area contributed by atoms with Crippen LogP contribution in [0.4, 0.5) is 0 Å². The first kappa shape index (κ1) is 27.8. The third-order valence-corrected chi connectivity index (χ3v) is 9.09. The van der Waals surface area contributed by atoms with Crippen LogP contribution in [0.2, 0.25) is 0 Å². The molecule has 0 aliphatic rings. The molecule has 46 heavy (non-hydrogen) atoms. The van der Waals surface area contributed by atoms with Crippen LogP contribution in [0.1, 0.15) is 39.2 Å². The quantitative estimate of drug-likeness (QED) is 0.204. The SMILES string of the molecule is Cc1ccc2c3ccc(C)cc3n(-c3cc(-c4nc(C)cc(C)n4)cc(-n4c5cc(C)ccc5c5ccc(C)cc54)c3C#N)c2c1. The molecule has 5 heteroatoms. The number of aromatic nitrogens is 4. The summed E-state index contributed by atoms with van der Waals surface area (Å²) in [4.78, 5) is 9.80. The van der Waals surface area contributed by atoms with Crippen molar-refractivity contribution in [3.63, 3.8) is 0 Å². The summed E-state index contributed by atoms with van der Waals surface area (Å²) in [5, 5.41) is 15.8. The Labute approximate surface area is 268 Å². The van der Waals surface area contributed by atoms with Crippen LogP contribution < -0.4 is 0 Å². The van der Waals surface area contributed by atoms with Crippen LogP contribution in [0.25, 0.3) is 66.4 Å². The molecule has 0 radical (unpaired) electrons. The second kappa shape index (κ2) is 10.2. The highest BCUT2D eigenvalue weighted by molar-refractivity contribution is 6.11. The van der Waals surface area contributed by atoms with Gasteiger partial charge in [-0.2, -0.15) is 5.26 Å². The average molecular weight is 596 g/mol. The molecule has 0 amide bonds. The third-order valence-electron chi connectivity index (χ3n) is 9.09. The Kier molecular flexibility index (Phi) is 6.13. The fourth-order valence-electron chi connectivity index (χ4n) is 7.06. The number of fused-ring (bicyclic) bond motifs is 6. The molecule has 0 saturated carbocycles. The maximum Gasteiger partial charge on any atom is 0.159 e. The number of aryl methyl sites for hydroxylation is 6. The van der Waals surface area contributed by atoms with E-state index in [1.165, 1.54) is 0 Å². The van der Waals surface area contributed by atoms with Crippen molar-refractivity contribution in [1.29, 1.82) is 5.26 Å². The van der Waals surface area contributed by atoms with Gasteiger partial charge in [0.1, 0.15) is 11.6 Å². The van der Waals surface area contributed by atoms with Crippen molar-refractivity contribution in [2.24, 2.45) is 0 Å². The van der Waals surface area contributed by atoms with Gasteiger partial charge in [-0.15, -0.1) is 0 Å². The molecule has 222 valence electrons. The number of rotatable bonds is 3. The zero-order valence-electron chi connectivity index (χ0n) is 26.9. The first-order valence-electron chi connectivity index (χ1n) is 15.6. The van der Waals surface area contributed by atoms with E-state index in [0.717, 1.165) is 94.2 Å². The van der Waals surface area contributed by atoms with E-state index in [1.807, 2.05) is 19.9 Å². The molecule has 0 N–H and O–H groups in total. The molecule has 8 aromatic rings. The van der Waals surface area contributed by atoms with Crippen molar-refractivity contribution in [3.05, 3.63) is 130 Å². The van der Waals surface area contributed by atoms with Gasteiger partial charge in [0, 0.05) is 38.5 Å². The molecule has 8 rings (SSSR count). The molecule has 5 nitrogen and oxygen atoms in total. The Morgan fingerprint density at radius 1 is 0.478 bits per heavy atom. The van der Waals surface area contributed by atoms with Crippen molar-refractivity contribution in [1.82, 2.24) is 19.1 Å². The molecule has 0 fully saturated rings. The highest BCUT2D eigenvalue weighted by Crippen LogP contribution is 2.40. The fraction of sp³-hybridized carbons (Fsp3) is 0.146. The fourth-order valence-corrected chi connectivity index (χ4v) is 7.06. The molecular formula is C41H33N5. The van der Waals surface area contributed by atoms with E-state index in [1.54, 1.807) is 0 Å². The second-order valence-electron chi connectivity index (χ2n) is 12.7. The topological polar surface area (TPSA) is 59.4 Å². The molecule has 3 aromatic heterocycles. The van der Waals surface area contributed by atoms with E-state index in [-0.39, 0.29) is 0 Å². The minimum atomic E-state index is 0.594. The maximum atomic E-state index is 11.1. The highest BCUT2D eigenvalue weighted by Gasteiger charge is 2.23. The van der Waals surface area contributed by atoms with E-state index < -0.39 is 0 Å². The summed E-state index contributed by atoms with van der Waals surface area (Å²) >= 11 is 0. The normalized spacial score (nSPS) is 11.7. The van der Waals surface area contributed by atoms with E-state index in [9.17, 15) is 5.26 Å². The lowest BCUT2D eigenvalue weighted by Gasteiger charge is -2.18. The second-order valence-corrected chi connectivity index (χ2v) is 12.7. The summed E-state index contributed by atoms with van der Waals surface area (Å²) in [5.74, 6) is 0.644. The van der Waals surface area contributed by atoms with E-state index >= 15 is 0 Å². The largest absolute Gasteiger partial charge is 0.308 e. The van der Waals surface area contributed by atoms with Gasteiger partial charge in [-0.1, -0.05) is 48.5 Å². The lowest BCUT2D eigenvalue weighted by atomic mass is 10.0. The Morgan fingerprint density at radius 3 is 1.15 bits per heavy atom. The number of hydrogen-bond donors (Lipinski definition) is 0. The van der Waals surface area contributed by atoms with Gasteiger partial charge < -0.3 is 9.13 Å². The number of benzene rings is 5. The van der Waals surface area contributed by atoms with Crippen LogP contribution in [-0.4, -0.2) is 19.1 Å². The Hall–Kier alpha value is -5.73. The van der Waals surface area contributed by atoms with Crippen molar-refractivity contribution in [2.45, 2.75) is 41.5 Å². The van der Waals surface area contributed by atoms with Gasteiger partial charge in [0.15, 0.2) is 5.82 Å². The van der Waals surface area contributed by atoms with Crippen molar-refractivity contribution < 1.29 is 0 Å². The van der Waals surface area contributed by atoms with Crippen LogP contribution in [-0.2, 0) is 0 Å². The van der Waals surface area contributed by atoms with Gasteiger partial charge in [0.05, 0.1) is 33.4 Å². The van der Waals surface area contributed by atoms with E-state index in [4.69, 9.17) is 9.97 Å². The van der Waals surface area contributed by atoms with Crippen molar-refractivity contribution >= 4 is 43.6 Å². The van der Waals surface area contributed by atoms with Crippen molar-refractivity contribution in [2.75, 3.05) is 0 Å². The summed E-state index contributed by atoms with van der Waals surface area (Å²) in [6.45, 7) is 12.5. The molecule has 0 atom stereocenters. The molecule has 5 aromatic carbocycles. The third kappa shape index (κ3) is 4.22. The lowest BCUT2D eigenvalue weighted by Crippen LogP contribution is -2.06. The minimum Gasteiger partial charge on any atom is -0.308 e. The predicted molar refractivity (Wildman–Crippen MR) is 189 cm³/mol. The van der Waals surface area contributed by atoms with Crippen LogP contribution in [0.3, 0.4) is 0 Å². The molecular weight excluding hydrogens is 562 g/mol. The zero-order valence-corrected chi connectivity index (χ0v) is 26.9. The molecule has 0 aliphatic carbocycles. The average Bonchev–Trinajstić information content (AvgIpc) is 3.50. The monoisotopic (exact) mass is 595 g/mol. The first-order chi connectivity index (χ1) is 22.2. The predicted octanol–water partition coefficient (Wildman–Crippen LogP) is 10.1. The van der Waals surface area contributed by atoms with Gasteiger partial charge >= 0.3 is 0 Å². The maximum absolute atomic E-state index is 11.1. The first-order valence-corrected chi connectivity index (χ1v) is 15.6. The standard InChI is InChI=1S/C41H33N5/c1-23-7-11-30-31-12-8-24(2)16-36(31)45(35(30)15-23)39-20-29(41-43-27(5)19-28(6)44-41)21-40(34(39)22-42)46-37-17-25(3)9-13-32(37)33-14-10-26(4)18-38(33)46/h7-21H,1-6H3. The molecule has 3 heterocycles. The summed E-state index contributed by atoms with van der Waals surface area (Å²) in [6.07, 6.45) is 0. The summed E-state index contributed by atoms with van der Waals surface area (Å²) < 4.78 is 4.53.